The van der Waals surface area contributed by atoms with E-state index in [1.807, 2.05) is 0 Å². The Kier molecular flexibility index (Phi) is 6.84. The number of furan rings is 1. The Morgan fingerprint density at radius 2 is 0.875 bits per heavy atom. The SMILES string of the molecule is c1ccc(-c2ccc(N(c3ccc(-c4ccccc4)cc3)c3cccc4ccc5oc6c(-c7ccccc7)cccc6c5c34)cc2)cc1. The lowest BCUT2D eigenvalue weighted by Gasteiger charge is -2.27. The first-order chi connectivity index (χ1) is 23.8. The Morgan fingerprint density at radius 3 is 1.46 bits per heavy atom. The number of rotatable bonds is 6. The van der Waals surface area contributed by atoms with Gasteiger partial charge in [-0.1, -0.05) is 152 Å². The van der Waals surface area contributed by atoms with Crippen molar-refractivity contribution in [3.05, 3.63) is 188 Å². The molecule has 0 saturated heterocycles. The van der Waals surface area contributed by atoms with Crippen LogP contribution in [0.25, 0.3) is 66.1 Å². The van der Waals surface area contributed by atoms with Crippen LogP contribution in [0.2, 0.25) is 0 Å². The second kappa shape index (κ2) is 11.8. The predicted molar refractivity (Wildman–Crippen MR) is 202 cm³/mol. The highest BCUT2D eigenvalue weighted by Gasteiger charge is 2.21. The maximum atomic E-state index is 6.70. The van der Waals surface area contributed by atoms with Gasteiger partial charge in [0, 0.05) is 33.1 Å². The van der Waals surface area contributed by atoms with Gasteiger partial charge in [-0.25, -0.2) is 0 Å². The highest BCUT2D eigenvalue weighted by molar-refractivity contribution is 6.24. The molecule has 0 aliphatic heterocycles. The van der Waals surface area contributed by atoms with Gasteiger partial charge in [-0.05, 0) is 69.6 Å². The summed E-state index contributed by atoms with van der Waals surface area (Å²) in [5, 5.41) is 4.57. The number of anilines is 3. The van der Waals surface area contributed by atoms with Crippen LogP contribution in [-0.2, 0) is 0 Å². The molecule has 9 rings (SSSR count). The van der Waals surface area contributed by atoms with E-state index in [1.54, 1.807) is 0 Å². The van der Waals surface area contributed by atoms with Crippen LogP contribution in [0.15, 0.2) is 192 Å². The van der Waals surface area contributed by atoms with Gasteiger partial charge < -0.3 is 9.32 Å². The topological polar surface area (TPSA) is 16.4 Å². The summed E-state index contributed by atoms with van der Waals surface area (Å²) in [6, 6.07) is 66.8. The molecule has 1 heterocycles. The minimum absolute atomic E-state index is 0.882. The summed E-state index contributed by atoms with van der Waals surface area (Å²) < 4.78 is 6.70. The molecule has 2 heteroatoms. The Hall–Kier alpha value is -6.38. The maximum Gasteiger partial charge on any atom is 0.143 e. The van der Waals surface area contributed by atoms with E-state index in [0.29, 0.717) is 0 Å². The molecule has 8 aromatic carbocycles. The second-order valence-electron chi connectivity index (χ2n) is 12.1. The Bertz CT molecular complexity index is 2430. The molecule has 0 N–H and O–H groups in total. The monoisotopic (exact) mass is 613 g/mol. The van der Waals surface area contributed by atoms with Crippen molar-refractivity contribution in [3.63, 3.8) is 0 Å². The van der Waals surface area contributed by atoms with Gasteiger partial charge in [-0.15, -0.1) is 0 Å². The van der Waals surface area contributed by atoms with Crippen molar-refractivity contribution in [3.8, 4) is 33.4 Å². The minimum Gasteiger partial charge on any atom is -0.455 e. The summed E-state index contributed by atoms with van der Waals surface area (Å²) in [6.07, 6.45) is 0. The van der Waals surface area contributed by atoms with E-state index in [2.05, 4.69) is 193 Å². The fourth-order valence-corrected chi connectivity index (χ4v) is 6.97. The van der Waals surface area contributed by atoms with Crippen molar-refractivity contribution in [2.75, 3.05) is 4.90 Å². The molecular weight excluding hydrogens is 583 g/mol. The maximum absolute atomic E-state index is 6.70. The first-order valence-electron chi connectivity index (χ1n) is 16.4. The summed E-state index contributed by atoms with van der Waals surface area (Å²) in [5.74, 6) is 0. The third-order valence-corrected chi connectivity index (χ3v) is 9.27. The second-order valence-corrected chi connectivity index (χ2v) is 12.1. The molecule has 0 aliphatic carbocycles. The van der Waals surface area contributed by atoms with Crippen molar-refractivity contribution in [1.82, 2.24) is 0 Å². The molecule has 48 heavy (non-hydrogen) atoms. The smallest absolute Gasteiger partial charge is 0.143 e. The number of nitrogens with zero attached hydrogens (tertiary/aromatic N) is 1. The van der Waals surface area contributed by atoms with E-state index in [4.69, 9.17) is 4.42 Å². The molecule has 0 spiro atoms. The summed E-state index contributed by atoms with van der Waals surface area (Å²) in [4.78, 5) is 2.38. The minimum atomic E-state index is 0.882. The van der Waals surface area contributed by atoms with Gasteiger partial charge in [0.25, 0.3) is 0 Å². The highest BCUT2D eigenvalue weighted by atomic mass is 16.3. The number of para-hydroxylation sites is 1. The molecule has 0 aliphatic rings. The van der Waals surface area contributed by atoms with E-state index in [9.17, 15) is 0 Å². The normalized spacial score (nSPS) is 11.3. The lowest BCUT2D eigenvalue weighted by atomic mass is 9.98. The average molecular weight is 614 g/mol. The highest BCUT2D eigenvalue weighted by Crippen LogP contribution is 2.46. The fourth-order valence-electron chi connectivity index (χ4n) is 6.97. The molecule has 0 unspecified atom stereocenters. The van der Waals surface area contributed by atoms with Crippen LogP contribution >= 0.6 is 0 Å². The van der Waals surface area contributed by atoms with Crippen molar-refractivity contribution in [2.24, 2.45) is 0 Å². The average Bonchev–Trinajstić information content (AvgIpc) is 3.56. The van der Waals surface area contributed by atoms with Crippen LogP contribution in [0.3, 0.4) is 0 Å². The molecule has 0 radical (unpaired) electrons. The zero-order chi connectivity index (χ0) is 31.9. The van der Waals surface area contributed by atoms with E-state index in [-0.39, 0.29) is 0 Å². The predicted octanol–water partition coefficient (Wildman–Crippen LogP) is 13.2. The lowest BCUT2D eigenvalue weighted by Crippen LogP contribution is -2.10. The van der Waals surface area contributed by atoms with E-state index < -0.39 is 0 Å². The van der Waals surface area contributed by atoms with Gasteiger partial charge in [0.05, 0.1) is 5.69 Å². The van der Waals surface area contributed by atoms with E-state index in [1.165, 1.54) is 33.0 Å². The fraction of sp³-hybridized carbons (Fsp3) is 0. The van der Waals surface area contributed by atoms with Gasteiger partial charge in [-0.3, -0.25) is 0 Å². The van der Waals surface area contributed by atoms with Crippen LogP contribution in [0, 0.1) is 0 Å². The Morgan fingerprint density at radius 1 is 0.354 bits per heavy atom. The Labute approximate surface area is 279 Å². The summed E-state index contributed by atoms with van der Waals surface area (Å²) in [6.45, 7) is 0. The molecule has 0 fully saturated rings. The molecule has 0 amide bonds. The zero-order valence-corrected chi connectivity index (χ0v) is 26.3. The van der Waals surface area contributed by atoms with Gasteiger partial charge in [0.15, 0.2) is 0 Å². The first kappa shape index (κ1) is 27.9. The third kappa shape index (κ3) is 4.83. The van der Waals surface area contributed by atoms with Crippen molar-refractivity contribution < 1.29 is 4.42 Å². The van der Waals surface area contributed by atoms with E-state index >= 15 is 0 Å². The van der Waals surface area contributed by atoms with Gasteiger partial charge in [-0.2, -0.15) is 0 Å². The van der Waals surface area contributed by atoms with Crippen LogP contribution in [0.1, 0.15) is 0 Å². The molecule has 2 nitrogen and oxygen atoms in total. The number of benzene rings is 8. The van der Waals surface area contributed by atoms with Crippen LogP contribution < -0.4 is 4.90 Å². The summed E-state index contributed by atoms with van der Waals surface area (Å²) >= 11 is 0. The third-order valence-electron chi connectivity index (χ3n) is 9.27. The molecule has 0 atom stereocenters. The molecule has 1 aromatic heterocycles. The molecule has 0 bridgehead atoms. The quantitative estimate of drug-likeness (QED) is 0.185. The standard InChI is InChI=1S/C46H31NO/c1-4-12-32(13-5-1)34-22-27-38(28-23-34)47(39-29-24-35(25-30-39)33-14-6-2-7-15-33)42-21-10-18-37-26-31-43-45(44(37)42)41-20-11-19-40(46(41)48-43)36-16-8-3-9-17-36/h1-31H. The largest absolute Gasteiger partial charge is 0.455 e. The number of hydrogen-bond donors (Lipinski definition) is 0. The Balaban J connectivity index is 1.28. The van der Waals surface area contributed by atoms with Crippen LogP contribution in [0.4, 0.5) is 17.1 Å². The van der Waals surface area contributed by atoms with E-state index in [0.717, 1.165) is 50.1 Å². The van der Waals surface area contributed by atoms with Gasteiger partial charge in [0.1, 0.15) is 11.2 Å². The zero-order valence-electron chi connectivity index (χ0n) is 26.3. The molecule has 0 saturated carbocycles. The van der Waals surface area contributed by atoms with Crippen LogP contribution in [0.5, 0.6) is 0 Å². The number of hydrogen-bond acceptors (Lipinski definition) is 2. The van der Waals surface area contributed by atoms with Gasteiger partial charge in [0.2, 0.25) is 0 Å². The van der Waals surface area contributed by atoms with Gasteiger partial charge >= 0.3 is 0 Å². The summed E-state index contributed by atoms with van der Waals surface area (Å²) in [7, 11) is 0. The number of fused-ring (bicyclic) bond motifs is 5. The van der Waals surface area contributed by atoms with Crippen molar-refractivity contribution >= 4 is 49.8 Å². The lowest BCUT2D eigenvalue weighted by molar-refractivity contribution is 0.670. The summed E-state index contributed by atoms with van der Waals surface area (Å²) in [5.41, 5.74) is 12.1. The molecule has 226 valence electrons. The van der Waals surface area contributed by atoms with Crippen LogP contribution in [-0.4, -0.2) is 0 Å². The van der Waals surface area contributed by atoms with Crippen molar-refractivity contribution in [1.29, 1.82) is 0 Å². The van der Waals surface area contributed by atoms with Crippen molar-refractivity contribution in [2.45, 2.75) is 0 Å². The molecule has 9 aromatic rings. The first-order valence-corrected chi connectivity index (χ1v) is 16.4. The molecular formula is C46H31NO.